The number of benzene rings is 2. The zero-order valence-corrected chi connectivity index (χ0v) is 18.3. The number of amides is 1. The van der Waals surface area contributed by atoms with Crippen molar-refractivity contribution in [3.8, 4) is 11.4 Å². The van der Waals surface area contributed by atoms with Crippen LogP contribution < -0.4 is 0 Å². The van der Waals surface area contributed by atoms with Gasteiger partial charge in [-0.2, -0.15) is 0 Å². The number of carbonyl (C=O) groups is 1. The van der Waals surface area contributed by atoms with E-state index in [-0.39, 0.29) is 11.9 Å². The molecule has 0 fully saturated rings. The van der Waals surface area contributed by atoms with Crippen molar-refractivity contribution >= 4 is 17.7 Å². The number of thioether (sulfide) groups is 1. The highest BCUT2D eigenvalue weighted by Gasteiger charge is 2.20. The second kappa shape index (κ2) is 9.74. The van der Waals surface area contributed by atoms with Crippen LogP contribution in [-0.2, 0) is 17.9 Å². The van der Waals surface area contributed by atoms with Crippen molar-refractivity contribution in [1.29, 1.82) is 0 Å². The van der Waals surface area contributed by atoms with Gasteiger partial charge in [0.2, 0.25) is 5.91 Å². The molecule has 0 aliphatic rings. The van der Waals surface area contributed by atoms with Crippen LogP contribution >= 0.6 is 11.8 Å². The fourth-order valence-electron chi connectivity index (χ4n) is 3.23. The van der Waals surface area contributed by atoms with Crippen molar-refractivity contribution in [1.82, 2.24) is 19.7 Å². The molecule has 29 heavy (non-hydrogen) atoms. The Kier molecular flexibility index (Phi) is 7.09. The smallest absolute Gasteiger partial charge is 0.233 e. The third-order valence-electron chi connectivity index (χ3n) is 4.77. The average Bonchev–Trinajstić information content (AvgIpc) is 3.13. The van der Waals surface area contributed by atoms with E-state index in [1.807, 2.05) is 35.2 Å². The van der Waals surface area contributed by atoms with Crippen molar-refractivity contribution in [3.63, 3.8) is 0 Å². The molecular weight excluding hydrogens is 380 g/mol. The number of rotatable bonds is 8. The van der Waals surface area contributed by atoms with Crippen LogP contribution in [0.4, 0.5) is 0 Å². The first-order valence-corrected chi connectivity index (χ1v) is 10.9. The highest BCUT2D eigenvalue weighted by Crippen LogP contribution is 2.25. The van der Waals surface area contributed by atoms with Crippen LogP contribution in [-0.4, -0.2) is 37.4 Å². The van der Waals surface area contributed by atoms with Crippen LogP contribution in [0.1, 0.15) is 31.9 Å². The Morgan fingerprint density at radius 2 is 1.86 bits per heavy atom. The van der Waals surface area contributed by atoms with Gasteiger partial charge in [-0.3, -0.25) is 4.79 Å². The summed E-state index contributed by atoms with van der Waals surface area (Å²) in [6.07, 6.45) is 0. The predicted octanol–water partition coefficient (Wildman–Crippen LogP) is 4.80. The Hall–Kier alpha value is -2.60. The SMILES string of the molecule is CCn1c(SCC(=O)N(Cc2ccccc2)C(C)C)nnc1-c1cccc(C)c1. The van der Waals surface area contributed by atoms with E-state index in [1.54, 1.807) is 0 Å². The lowest BCUT2D eigenvalue weighted by Crippen LogP contribution is -2.37. The van der Waals surface area contributed by atoms with Crippen molar-refractivity contribution in [3.05, 3.63) is 65.7 Å². The van der Waals surface area contributed by atoms with Crippen LogP contribution in [0.15, 0.2) is 59.8 Å². The summed E-state index contributed by atoms with van der Waals surface area (Å²) in [6.45, 7) is 9.62. The zero-order chi connectivity index (χ0) is 20.8. The maximum atomic E-state index is 12.9. The molecule has 3 rings (SSSR count). The largest absolute Gasteiger partial charge is 0.335 e. The minimum Gasteiger partial charge on any atom is -0.335 e. The molecule has 6 heteroatoms. The fourth-order valence-corrected chi connectivity index (χ4v) is 4.11. The first kappa shape index (κ1) is 21.1. The lowest BCUT2D eigenvalue weighted by molar-refractivity contribution is -0.130. The van der Waals surface area contributed by atoms with Crippen LogP contribution in [0.5, 0.6) is 0 Å². The van der Waals surface area contributed by atoms with Crippen molar-refractivity contribution in [2.75, 3.05) is 5.75 Å². The first-order valence-electron chi connectivity index (χ1n) is 9.96. The third kappa shape index (κ3) is 5.26. The van der Waals surface area contributed by atoms with E-state index in [9.17, 15) is 4.79 Å². The van der Waals surface area contributed by atoms with Gasteiger partial charge >= 0.3 is 0 Å². The number of aromatic nitrogens is 3. The van der Waals surface area contributed by atoms with Gasteiger partial charge in [-0.05, 0) is 39.3 Å². The lowest BCUT2D eigenvalue weighted by atomic mass is 10.1. The quantitative estimate of drug-likeness (QED) is 0.502. The molecule has 0 bridgehead atoms. The number of hydrogen-bond donors (Lipinski definition) is 0. The summed E-state index contributed by atoms with van der Waals surface area (Å²) in [5.41, 5.74) is 3.37. The van der Waals surface area contributed by atoms with E-state index in [0.29, 0.717) is 12.3 Å². The Balaban J connectivity index is 1.72. The van der Waals surface area contributed by atoms with E-state index < -0.39 is 0 Å². The Morgan fingerprint density at radius 3 is 2.52 bits per heavy atom. The van der Waals surface area contributed by atoms with Crippen LogP contribution in [0, 0.1) is 6.92 Å². The molecule has 1 heterocycles. The van der Waals surface area contributed by atoms with Crippen LogP contribution in [0.25, 0.3) is 11.4 Å². The van der Waals surface area contributed by atoms with Gasteiger partial charge in [-0.1, -0.05) is 65.9 Å². The van der Waals surface area contributed by atoms with Gasteiger partial charge in [0.05, 0.1) is 5.75 Å². The fraction of sp³-hybridized carbons (Fsp3) is 0.348. The second-order valence-corrected chi connectivity index (χ2v) is 8.25. The maximum Gasteiger partial charge on any atom is 0.233 e. The van der Waals surface area contributed by atoms with Crippen LogP contribution in [0.2, 0.25) is 0 Å². The third-order valence-corrected chi connectivity index (χ3v) is 5.73. The van der Waals surface area contributed by atoms with E-state index >= 15 is 0 Å². The van der Waals surface area contributed by atoms with Crippen molar-refractivity contribution in [2.45, 2.75) is 52.0 Å². The van der Waals surface area contributed by atoms with Crippen molar-refractivity contribution in [2.24, 2.45) is 0 Å². The van der Waals surface area contributed by atoms with Gasteiger partial charge in [-0.15, -0.1) is 10.2 Å². The highest BCUT2D eigenvalue weighted by atomic mass is 32.2. The van der Waals surface area contributed by atoms with Gasteiger partial charge in [0.25, 0.3) is 0 Å². The van der Waals surface area contributed by atoms with Gasteiger partial charge in [-0.25, -0.2) is 0 Å². The van der Waals surface area contributed by atoms with Crippen LogP contribution in [0.3, 0.4) is 0 Å². The minimum atomic E-state index is 0.108. The number of hydrogen-bond acceptors (Lipinski definition) is 4. The number of aryl methyl sites for hydroxylation is 1. The summed E-state index contributed by atoms with van der Waals surface area (Å²) in [5, 5.41) is 9.53. The molecule has 2 aromatic carbocycles. The molecule has 0 spiro atoms. The molecule has 5 nitrogen and oxygen atoms in total. The topological polar surface area (TPSA) is 51.0 Å². The molecule has 0 radical (unpaired) electrons. The maximum absolute atomic E-state index is 12.9. The summed E-state index contributed by atoms with van der Waals surface area (Å²) < 4.78 is 2.07. The van der Waals surface area contributed by atoms with Gasteiger partial charge < -0.3 is 9.47 Å². The summed E-state index contributed by atoms with van der Waals surface area (Å²) in [5.74, 6) is 1.30. The minimum absolute atomic E-state index is 0.108. The first-order chi connectivity index (χ1) is 14.0. The molecule has 0 saturated carbocycles. The molecule has 1 aromatic heterocycles. The molecule has 0 unspecified atom stereocenters. The Bertz CT molecular complexity index is 953. The molecular formula is C23H28N4OS. The number of nitrogens with zero attached hydrogens (tertiary/aromatic N) is 4. The Labute approximate surface area is 177 Å². The normalized spacial score (nSPS) is 11.1. The lowest BCUT2D eigenvalue weighted by Gasteiger charge is -2.26. The second-order valence-electron chi connectivity index (χ2n) is 7.31. The standard InChI is InChI=1S/C23H28N4OS/c1-5-26-22(20-13-9-10-18(4)14-20)24-25-23(26)29-16-21(28)27(17(2)3)15-19-11-7-6-8-12-19/h6-14,17H,5,15-16H2,1-4H3. The Morgan fingerprint density at radius 1 is 1.10 bits per heavy atom. The van der Waals surface area contributed by atoms with Gasteiger partial charge in [0.15, 0.2) is 11.0 Å². The molecule has 0 atom stereocenters. The molecule has 0 aliphatic carbocycles. The molecule has 0 N–H and O–H groups in total. The van der Waals surface area contributed by atoms with E-state index in [1.165, 1.54) is 17.3 Å². The van der Waals surface area contributed by atoms with E-state index in [0.717, 1.165) is 28.7 Å². The molecule has 3 aromatic rings. The number of carbonyl (C=O) groups excluding carboxylic acids is 1. The van der Waals surface area contributed by atoms with Crippen molar-refractivity contribution < 1.29 is 4.79 Å². The van der Waals surface area contributed by atoms with E-state index in [2.05, 4.69) is 66.7 Å². The van der Waals surface area contributed by atoms with Gasteiger partial charge in [0.1, 0.15) is 0 Å². The van der Waals surface area contributed by atoms with E-state index in [4.69, 9.17) is 0 Å². The summed E-state index contributed by atoms with van der Waals surface area (Å²) >= 11 is 1.45. The predicted molar refractivity (Wildman–Crippen MR) is 119 cm³/mol. The molecule has 0 aliphatic heterocycles. The molecule has 1 amide bonds. The molecule has 0 saturated heterocycles. The van der Waals surface area contributed by atoms with Gasteiger partial charge in [0, 0.05) is 24.7 Å². The summed E-state index contributed by atoms with van der Waals surface area (Å²) in [7, 11) is 0. The summed E-state index contributed by atoms with van der Waals surface area (Å²) in [6, 6.07) is 18.5. The summed E-state index contributed by atoms with van der Waals surface area (Å²) in [4.78, 5) is 14.8. The zero-order valence-electron chi connectivity index (χ0n) is 17.5. The average molecular weight is 409 g/mol. The highest BCUT2D eigenvalue weighted by molar-refractivity contribution is 7.99. The molecule has 152 valence electrons. The monoisotopic (exact) mass is 408 g/mol.